The van der Waals surface area contributed by atoms with Gasteiger partial charge in [0.2, 0.25) is 0 Å². The van der Waals surface area contributed by atoms with Crippen molar-refractivity contribution >= 4 is 34.8 Å². The maximum absolute atomic E-state index is 10.9. The molecule has 1 aromatic carbocycles. The Morgan fingerprint density at radius 1 is 1.10 bits per heavy atom. The summed E-state index contributed by atoms with van der Waals surface area (Å²) >= 11 is 6.98. The number of allylic oxidation sites excluding steroid dienone is 5. The molecule has 0 saturated heterocycles. The zero-order valence-corrected chi connectivity index (χ0v) is 26.8. The summed E-state index contributed by atoms with van der Waals surface area (Å²) in [4.78, 5) is 18.2. The van der Waals surface area contributed by atoms with E-state index in [1.54, 1.807) is 0 Å². The van der Waals surface area contributed by atoms with E-state index in [1.165, 1.54) is 22.4 Å². The quantitative estimate of drug-likeness (QED) is 0.253. The largest absolute Gasteiger partial charge is 1.00 e. The minimum Gasteiger partial charge on any atom is -1.00 e. The van der Waals surface area contributed by atoms with E-state index < -0.39 is 5.97 Å². The third-order valence-electron chi connectivity index (χ3n) is 8.91. The van der Waals surface area contributed by atoms with Crippen LogP contribution in [0.1, 0.15) is 77.3 Å². The molecule has 1 atom stereocenters. The van der Waals surface area contributed by atoms with Crippen LogP contribution in [0.5, 0.6) is 0 Å². The molecule has 5 rings (SSSR count). The van der Waals surface area contributed by atoms with Crippen LogP contribution in [0, 0.1) is 5.92 Å². The fourth-order valence-electron chi connectivity index (χ4n) is 6.38. The van der Waals surface area contributed by atoms with E-state index >= 15 is 0 Å². The Morgan fingerprint density at radius 3 is 2.57 bits per heavy atom. The number of pyridine rings is 1. The third kappa shape index (κ3) is 6.01. The van der Waals surface area contributed by atoms with E-state index in [1.807, 2.05) is 13.2 Å². The van der Waals surface area contributed by atoms with Gasteiger partial charge in [-0.15, -0.1) is 5.73 Å². The van der Waals surface area contributed by atoms with Gasteiger partial charge in [-0.25, -0.2) is 4.57 Å². The Labute approximate surface area is 261 Å². The van der Waals surface area contributed by atoms with E-state index in [-0.39, 0.29) is 35.6 Å². The zero-order valence-electron chi connectivity index (χ0n) is 25.3. The SMILES string of the molecule is C[n+]1cccc2c1N=C(/C=C/C1=C(Cl)C(C=C=C3N(CCCCCC(=O)O)c4ccccc4C3(C)C)CC1)C2(C)C.[Cl-]. The van der Waals surface area contributed by atoms with Crippen molar-refractivity contribution in [2.75, 3.05) is 11.4 Å². The summed E-state index contributed by atoms with van der Waals surface area (Å²) in [5, 5.41) is 9.87. The first kappa shape index (κ1) is 31.8. The second kappa shape index (κ2) is 12.6. The molecule has 1 unspecified atom stereocenters. The van der Waals surface area contributed by atoms with Crippen LogP contribution >= 0.6 is 11.6 Å². The van der Waals surface area contributed by atoms with Crippen LogP contribution in [0.3, 0.4) is 0 Å². The predicted octanol–water partition coefficient (Wildman–Crippen LogP) is 4.82. The van der Waals surface area contributed by atoms with E-state index in [0.717, 1.165) is 54.5 Å². The van der Waals surface area contributed by atoms with Crippen LogP contribution in [0.2, 0.25) is 0 Å². The molecule has 0 amide bonds. The number of carboxylic acid groups (broad SMARTS) is 1. The van der Waals surface area contributed by atoms with E-state index in [2.05, 4.69) is 97.5 Å². The molecule has 5 nitrogen and oxygen atoms in total. The maximum Gasteiger partial charge on any atom is 0.327 e. The van der Waals surface area contributed by atoms with Crippen molar-refractivity contribution in [2.24, 2.45) is 18.0 Å². The highest BCUT2D eigenvalue weighted by molar-refractivity contribution is 6.30. The summed E-state index contributed by atoms with van der Waals surface area (Å²) in [6.45, 7) is 9.81. The molecule has 0 radical (unpaired) electrons. The molecule has 2 aromatic rings. The number of unbranched alkanes of at least 4 members (excludes halogenated alkanes) is 2. The first-order chi connectivity index (χ1) is 19.5. The predicted molar refractivity (Wildman–Crippen MR) is 167 cm³/mol. The number of halogens is 2. The number of carboxylic acids is 1. The van der Waals surface area contributed by atoms with Crippen molar-refractivity contribution in [3.8, 4) is 0 Å². The minimum absolute atomic E-state index is 0. The van der Waals surface area contributed by atoms with Gasteiger partial charge in [-0.1, -0.05) is 42.3 Å². The van der Waals surface area contributed by atoms with Gasteiger partial charge in [0.15, 0.2) is 5.71 Å². The van der Waals surface area contributed by atoms with Gasteiger partial charge in [-0.2, -0.15) is 0 Å². The standard InChI is InChI=1S/C35H40ClN3O2.ClH/c1-34(2)27-13-11-22-38(5)33(27)37-29(34)20-18-24-16-17-25(32(24)36)19-21-30-35(3,4)26-12-8-9-14-28(26)39(30)23-10-6-7-15-31(40)41;/h8-9,11-14,18-20,22,25H,6-7,10,15-17,23H2,1-5H3;1H/b20-18+;. The normalized spacial score (nSPS) is 19.9. The first-order valence-electron chi connectivity index (χ1n) is 14.7. The fraction of sp³-hybridized carbons (Fsp3) is 0.429. The third-order valence-corrected chi connectivity index (χ3v) is 9.43. The van der Waals surface area contributed by atoms with Crippen molar-refractivity contribution in [1.82, 2.24) is 0 Å². The van der Waals surface area contributed by atoms with Crippen molar-refractivity contribution in [2.45, 2.75) is 77.0 Å². The molecule has 0 fully saturated rings. The molecule has 3 aliphatic rings. The maximum atomic E-state index is 10.9. The monoisotopic (exact) mass is 605 g/mol. The summed E-state index contributed by atoms with van der Waals surface area (Å²) in [6.07, 6.45) is 13.2. The Bertz CT molecular complexity index is 1530. The summed E-state index contributed by atoms with van der Waals surface area (Å²) in [7, 11) is 2.04. The van der Waals surface area contributed by atoms with Gasteiger partial charge >= 0.3 is 11.8 Å². The topological polar surface area (TPSA) is 56.8 Å². The second-order valence-electron chi connectivity index (χ2n) is 12.5. The number of rotatable bonds is 9. The molecule has 0 spiro atoms. The van der Waals surface area contributed by atoms with Gasteiger partial charge in [0.25, 0.3) is 0 Å². The van der Waals surface area contributed by atoms with Crippen molar-refractivity contribution in [3.63, 3.8) is 0 Å². The Hall–Kier alpha value is -3.11. The molecule has 42 heavy (non-hydrogen) atoms. The summed E-state index contributed by atoms with van der Waals surface area (Å²) in [6, 6.07) is 12.8. The lowest BCUT2D eigenvalue weighted by atomic mass is 9.82. The number of anilines is 1. The average Bonchev–Trinajstić information content (AvgIpc) is 3.49. The number of para-hydroxylation sites is 1. The van der Waals surface area contributed by atoms with Gasteiger partial charge in [0, 0.05) is 35.0 Å². The van der Waals surface area contributed by atoms with Crippen LogP contribution in [-0.4, -0.2) is 23.3 Å². The molecule has 1 N–H and O–H groups in total. The smallest absolute Gasteiger partial charge is 0.327 e. The second-order valence-corrected chi connectivity index (χ2v) is 12.9. The summed E-state index contributed by atoms with van der Waals surface area (Å²) in [5.41, 5.74) is 10.5. The molecule has 3 heterocycles. The molecule has 2 aliphatic heterocycles. The lowest BCUT2D eigenvalue weighted by molar-refractivity contribution is -0.658. The van der Waals surface area contributed by atoms with Crippen LogP contribution in [0.15, 0.2) is 87.8 Å². The van der Waals surface area contributed by atoms with Crippen LogP contribution in [-0.2, 0) is 22.7 Å². The number of carbonyl (C=O) groups is 1. The fourth-order valence-corrected chi connectivity index (χ4v) is 6.71. The first-order valence-corrected chi connectivity index (χ1v) is 15.1. The van der Waals surface area contributed by atoms with Gasteiger partial charge in [-0.3, -0.25) is 4.79 Å². The lowest BCUT2D eigenvalue weighted by Gasteiger charge is -2.25. The highest BCUT2D eigenvalue weighted by atomic mass is 35.5. The zero-order chi connectivity index (χ0) is 29.4. The lowest BCUT2D eigenvalue weighted by Crippen LogP contribution is -3.00. The van der Waals surface area contributed by atoms with E-state index in [4.69, 9.17) is 21.7 Å². The van der Waals surface area contributed by atoms with Gasteiger partial charge in [0.1, 0.15) is 0 Å². The van der Waals surface area contributed by atoms with Crippen molar-refractivity contribution in [1.29, 1.82) is 0 Å². The van der Waals surface area contributed by atoms with Gasteiger partial charge in [-0.05, 0) is 99.9 Å². The molecule has 1 aliphatic carbocycles. The minimum atomic E-state index is -0.726. The Morgan fingerprint density at radius 2 is 1.83 bits per heavy atom. The molecular formula is C35H41Cl2N3O2. The number of aliphatic imine (C=N–C) groups is 1. The Balaban J connectivity index is 0.00000405. The summed E-state index contributed by atoms with van der Waals surface area (Å²) < 4.78 is 2.08. The number of hydrogen-bond donors (Lipinski definition) is 1. The van der Waals surface area contributed by atoms with Crippen LogP contribution in [0.4, 0.5) is 11.5 Å². The van der Waals surface area contributed by atoms with E-state index in [9.17, 15) is 4.79 Å². The average molecular weight is 607 g/mol. The Kier molecular flexibility index (Phi) is 9.57. The number of hydrogen-bond acceptors (Lipinski definition) is 3. The number of aryl methyl sites for hydroxylation is 1. The van der Waals surface area contributed by atoms with E-state index in [0.29, 0.717) is 6.42 Å². The number of benzene rings is 1. The molecule has 0 saturated carbocycles. The number of aliphatic carboxylic acids is 1. The number of fused-ring (bicyclic) bond motifs is 2. The summed E-state index contributed by atoms with van der Waals surface area (Å²) in [5.74, 6) is 0.424. The van der Waals surface area contributed by atoms with Crippen LogP contribution < -0.4 is 21.9 Å². The molecule has 1 aromatic heterocycles. The molecule has 0 bridgehead atoms. The number of nitrogens with zero attached hydrogens (tertiary/aromatic N) is 3. The van der Waals surface area contributed by atoms with Gasteiger partial charge < -0.3 is 22.4 Å². The van der Waals surface area contributed by atoms with Gasteiger partial charge in [0.05, 0.1) is 29.9 Å². The van der Waals surface area contributed by atoms with Crippen LogP contribution in [0.25, 0.3) is 0 Å². The molecule has 222 valence electrons. The van der Waals surface area contributed by atoms with Crippen molar-refractivity contribution < 1.29 is 26.9 Å². The number of aromatic nitrogens is 1. The molecular weight excluding hydrogens is 565 g/mol. The van der Waals surface area contributed by atoms with Crippen molar-refractivity contribution in [3.05, 3.63) is 94.0 Å². The molecule has 7 heteroatoms. The highest BCUT2D eigenvalue weighted by Crippen LogP contribution is 2.47. The highest BCUT2D eigenvalue weighted by Gasteiger charge is 2.42.